The molecular formula is C14H14N4OS. The second-order valence-electron chi connectivity index (χ2n) is 4.46. The average Bonchev–Trinajstić information content (AvgIpc) is 3.07. The SMILES string of the molecule is Nc1ccc2[nH]nc(C(=O)NCCc3cccs3)c2c1. The smallest absolute Gasteiger partial charge is 0.272 e. The van der Waals surface area contributed by atoms with Crippen LogP contribution in [0.2, 0.25) is 0 Å². The van der Waals surface area contributed by atoms with Gasteiger partial charge in [0.2, 0.25) is 0 Å². The Balaban J connectivity index is 1.70. The molecule has 4 N–H and O–H groups in total. The summed E-state index contributed by atoms with van der Waals surface area (Å²) in [5.41, 5.74) is 7.56. The summed E-state index contributed by atoms with van der Waals surface area (Å²) in [5.74, 6) is -0.182. The molecular weight excluding hydrogens is 272 g/mol. The molecule has 0 atom stereocenters. The highest BCUT2D eigenvalue weighted by Crippen LogP contribution is 2.18. The first-order valence-electron chi connectivity index (χ1n) is 6.28. The third kappa shape index (κ3) is 2.50. The van der Waals surface area contributed by atoms with Crippen LogP contribution in [0.5, 0.6) is 0 Å². The van der Waals surface area contributed by atoms with Crippen molar-refractivity contribution in [3.63, 3.8) is 0 Å². The molecule has 0 aliphatic heterocycles. The topological polar surface area (TPSA) is 83.8 Å². The zero-order valence-electron chi connectivity index (χ0n) is 10.7. The van der Waals surface area contributed by atoms with Crippen molar-refractivity contribution in [1.82, 2.24) is 15.5 Å². The van der Waals surface area contributed by atoms with E-state index in [1.54, 1.807) is 23.5 Å². The van der Waals surface area contributed by atoms with Gasteiger partial charge in [0.15, 0.2) is 5.69 Å². The van der Waals surface area contributed by atoms with Gasteiger partial charge >= 0.3 is 0 Å². The molecule has 0 saturated carbocycles. The number of nitrogens with one attached hydrogen (secondary N) is 2. The number of anilines is 1. The number of nitrogens with two attached hydrogens (primary N) is 1. The maximum atomic E-state index is 12.1. The summed E-state index contributed by atoms with van der Waals surface area (Å²) in [4.78, 5) is 13.4. The number of thiophene rings is 1. The van der Waals surface area contributed by atoms with E-state index in [9.17, 15) is 4.79 Å². The summed E-state index contributed by atoms with van der Waals surface area (Å²) >= 11 is 1.69. The van der Waals surface area contributed by atoms with Crippen molar-refractivity contribution < 1.29 is 4.79 Å². The van der Waals surface area contributed by atoms with E-state index in [1.807, 2.05) is 17.5 Å². The Hall–Kier alpha value is -2.34. The van der Waals surface area contributed by atoms with Crippen molar-refractivity contribution in [2.75, 3.05) is 12.3 Å². The van der Waals surface area contributed by atoms with Crippen molar-refractivity contribution in [2.24, 2.45) is 0 Å². The molecule has 2 aromatic heterocycles. The van der Waals surface area contributed by atoms with Crippen LogP contribution in [0.1, 0.15) is 15.4 Å². The van der Waals surface area contributed by atoms with Gasteiger partial charge in [0, 0.05) is 22.5 Å². The predicted octanol–water partition coefficient (Wildman–Crippen LogP) is 2.18. The van der Waals surface area contributed by atoms with Crippen LogP contribution in [0.4, 0.5) is 5.69 Å². The van der Waals surface area contributed by atoms with E-state index in [2.05, 4.69) is 21.6 Å². The fourth-order valence-corrected chi connectivity index (χ4v) is 2.75. The fourth-order valence-electron chi connectivity index (χ4n) is 2.04. The molecule has 0 bridgehead atoms. The monoisotopic (exact) mass is 286 g/mol. The van der Waals surface area contributed by atoms with Crippen molar-refractivity contribution in [3.05, 3.63) is 46.3 Å². The van der Waals surface area contributed by atoms with Gasteiger partial charge in [-0.25, -0.2) is 0 Å². The molecule has 102 valence electrons. The molecule has 0 radical (unpaired) electrons. The number of rotatable bonds is 4. The van der Waals surface area contributed by atoms with Gasteiger partial charge in [-0.1, -0.05) is 6.07 Å². The molecule has 0 aliphatic rings. The van der Waals surface area contributed by atoms with E-state index >= 15 is 0 Å². The first-order chi connectivity index (χ1) is 9.74. The fraction of sp³-hybridized carbons (Fsp3) is 0.143. The summed E-state index contributed by atoms with van der Waals surface area (Å²) in [5, 5.41) is 12.6. The van der Waals surface area contributed by atoms with Gasteiger partial charge in [0.1, 0.15) is 0 Å². The lowest BCUT2D eigenvalue weighted by atomic mass is 10.2. The maximum absolute atomic E-state index is 12.1. The van der Waals surface area contributed by atoms with Crippen LogP contribution in [-0.2, 0) is 6.42 Å². The highest BCUT2D eigenvalue weighted by Gasteiger charge is 2.13. The highest BCUT2D eigenvalue weighted by molar-refractivity contribution is 7.09. The van der Waals surface area contributed by atoms with Crippen LogP contribution < -0.4 is 11.1 Å². The predicted molar refractivity (Wildman–Crippen MR) is 80.9 cm³/mol. The Morgan fingerprint density at radius 1 is 1.40 bits per heavy atom. The van der Waals surface area contributed by atoms with E-state index in [0.717, 1.165) is 17.3 Å². The number of nitrogens with zero attached hydrogens (tertiary/aromatic N) is 1. The molecule has 0 spiro atoms. The molecule has 20 heavy (non-hydrogen) atoms. The first-order valence-corrected chi connectivity index (χ1v) is 7.16. The van der Waals surface area contributed by atoms with Crippen LogP contribution >= 0.6 is 11.3 Å². The minimum Gasteiger partial charge on any atom is -0.399 e. The highest BCUT2D eigenvalue weighted by atomic mass is 32.1. The average molecular weight is 286 g/mol. The zero-order valence-corrected chi connectivity index (χ0v) is 11.5. The van der Waals surface area contributed by atoms with E-state index < -0.39 is 0 Å². The van der Waals surface area contributed by atoms with Crippen LogP contribution in [0.3, 0.4) is 0 Å². The third-order valence-corrected chi connectivity index (χ3v) is 3.98. The molecule has 5 nitrogen and oxygen atoms in total. The summed E-state index contributed by atoms with van der Waals surface area (Å²) in [6.45, 7) is 0.593. The lowest BCUT2D eigenvalue weighted by molar-refractivity contribution is 0.0951. The van der Waals surface area contributed by atoms with Gasteiger partial charge in [-0.05, 0) is 36.1 Å². The summed E-state index contributed by atoms with van der Waals surface area (Å²) < 4.78 is 0. The number of aromatic amines is 1. The number of aromatic nitrogens is 2. The van der Waals surface area contributed by atoms with E-state index in [0.29, 0.717) is 17.9 Å². The van der Waals surface area contributed by atoms with Crippen LogP contribution in [0.25, 0.3) is 10.9 Å². The number of amides is 1. The van der Waals surface area contributed by atoms with E-state index in [1.165, 1.54) is 4.88 Å². The quantitative estimate of drug-likeness (QED) is 0.643. The Morgan fingerprint density at radius 2 is 2.30 bits per heavy atom. The van der Waals surface area contributed by atoms with Gasteiger partial charge in [0.05, 0.1) is 5.52 Å². The molecule has 1 amide bonds. The van der Waals surface area contributed by atoms with E-state index in [-0.39, 0.29) is 5.91 Å². The molecule has 0 fully saturated rings. The number of H-pyrrole nitrogens is 1. The zero-order chi connectivity index (χ0) is 13.9. The van der Waals surface area contributed by atoms with Crippen molar-refractivity contribution in [2.45, 2.75) is 6.42 Å². The lowest BCUT2D eigenvalue weighted by Crippen LogP contribution is -2.26. The molecule has 2 heterocycles. The molecule has 1 aromatic carbocycles. The Labute approximate surface area is 119 Å². The maximum Gasteiger partial charge on any atom is 0.272 e. The lowest BCUT2D eigenvalue weighted by Gasteiger charge is -2.02. The number of nitrogen functional groups attached to an aromatic ring is 1. The minimum absolute atomic E-state index is 0.182. The molecule has 0 saturated heterocycles. The van der Waals surface area contributed by atoms with Gasteiger partial charge < -0.3 is 11.1 Å². The van der Waals surface area contributed by atoms with Gasteiger partial charge in [-0.3, -0.25) is 9.89 Å². The largest absolute Gasteiger partial charge is 0.399 e. The van der Waals surface area contributed by atoms with Crippen molar-refractivity contribution in [1.29, 1.82) is 0 Å². The third-order valence-electron chi connectivity index (χ3n) is 3.04. The number of fused-ring (bicyclic) bond motifs is 1. The number of benzene rings is 1. The molecule has 3 rings (SSSR count). The molecule has 0 aliphatic carbocycles. The Morgan fingerprint density at radius 3 is 3.10 bits per heavy atom. The van der Waals surface area contributed by atoms with Crippen LogP contribution in [0.15, 0.2) is 35.7 Å². The number of hydrogen-bond acceptors (Lipinski definition) is 4. The molecule has 0 unspecified atom stereocenters. The summed E-state index contributed by atoms with van der Waals surface area (Å²) in [6.07, 6.45) is 0.827. The molecule has 6 heteroatoms. The Kier molecular flexibility index (Phi) is 3.39. The second kappa shape index (κ2) is 5.34. The van der Waals surface area contributed by atoms with Gasteiger partial charge in [-0.15, -0.1) is 11.3 Å². The number of carbonyl (C=O) groups excluding carboxylic acids is 1. The standard InChI is InChI=1S/C14H14N4OS/c15-9-3-4-12-11(8-9)13(18-17-12)14(19)16-6-5-10-2-1-7-20-10/h1-4,7-8H,5-6,15H2,(H,16,19)(H,17,18). The van der Waals surface area contributed by atoms with E-state index in [4.69, 9.17) is 5.73 Å². The first kappa shape index (κ1) is 12.7. The Bertz CT molecular complexity index is 733. The van der Waals surface area contributed by atoms with Gasteiger partial charge in [-0.2, -0.15) is 5.10 Å². The summed E-state index contributed by atoms with van der Waals surface area (Å²) in [6, 6.07) is 9.42. The minimum atomic E-state index is -0.182. The normalized spacial score (nSPS) is 10.8. The second-order valence-corrected chi connectivity index (χ2v) is 5.49. The molecule has 3 aromatic rings. The van der Waals surface area contributed by atoms with Crippen molar-refractivity contribution in [3.8, 4) is 0 Å². The summed E-state index contributed by atoms with van der Waals surface area (Å²) in [7, 11) is 0. The van der Waals surface area contributed by atoms with Crippen LogP contribution in [-0.4, -0.2) is 22.6 Å². The van der Waals surface area contributed by atoms with Crippen molar-refractivity contribution >= 4 is 33.8 Å². The van der Waals surface area contributed by atoms with Crippen LogP contribution in [0, 0.1) is 0 Å². The number of carbonyl (C=O) groups is 1. The number of hydrogen-bond donors (Lipinski definition) is 3. The van der Waals surface area contributed by atoms with Gasteiger partial charge in [0.25, 0.3) is 5.91 Å².